The van der Waals surface area contributed by atoms with Crippen molar-refractivity contribution in [1.29, 1.82) is 0 Å². The van der Waals surface area contributed by atoms with Crippen LogP contribution in [0.2, 0.25) is 0 Å². The molecule has 0 aromatic heterocycles. The molecule has 1 saturated carbocycles. The zero-order valence-electron chi connectivity index (χ0n) is 13.0. The average molecular weight is 296 g/mol. The molecule has 3 amide bonds. The van der Waals surface area contributed by atoms with E-state index in [1.165, 1.54) is 6.42 Å². The molecular formula is C15H28N4O2. The second kappa shape index (κ2) is 7.22. The first kappa shape index (κ1) is 16.2. The Balaban J connectivity index is 1.68. The summed E-state index contributed by atoms with van der Waals surface area (Å²) in [4.78, 5) is 25.8. The minimum absolute atomic E-state index is 0.102. The molecule has 1 atom stereocenters. The van der Waals surface area contributed by atoms with Crippen LogP contribution in [0, 0.1) is 5.41 Å². The van der Waals surface area contributed by atoms with Crippen molar-refractivity contribution in [1.82, 2.24) is 15.5 Å². The Bertz CT molecular complexity index is 382. The van der Waals surface area contributed by atoms with Crippen LogP contribution >= 0.6 is 0 Å². The lowest BCUT2D eigenvalue weighted by molar-refractivity contribution is -0.121. The molecule has 2 rings (SSSR count). The van der Waals surface area contributed by atoms with Crippen LogP contribution in [0.25, 0.3) is 0 Å². The fraction of sp³-hybridized carbons (Fsp3) is 0.867. The van der Waals surface area contributed by atoms with Gasteiger partial charge < -0.3 is 11.1 Å². The Morgan fingerprint density at radius 1 is 1.29 bits per heavy atom. The van der Waals surface area contributed by atoms with Crippen molar-refractivity contribution in [3.63, 3.8) is 0 Å². The first-order chi connectivity index (χ1) is 10.0. The highest BCUT2D eigenvalue weighted by atomic mass is 16.2. The van der Waals surface area contributed by atoms with E-state index in [-0.39, 0.29) is 29.9 Å². The van der Waals surface area contributed by atoms with Crippen molar-refractivity contribution in [2.45, 2.75) is 51.5 Å². The number of urea groups is 1. The zero-order chi connectivity index (χ0) is 15.3. The zero-order valence-corrected chi connectivity index (χ0v) is 13.0. The third-order valence-electron chi connectivity index (χ3n) is 4.69. The van der Waals surface area contributed by atoms with E-state index in [0.29, 0.717) is 6.54 Å². The van der Waals surface area contributed by atoms with Gasteiger partial charge >= 0.3 is 6.03 Å². The summed E-state index contributed by atoms with van der Waals surface area (Å²) in [5, 5.41) is 5.33. The molecule has 1 saturated heterocycles. The molecule has 4 N–H and O–H groups in total. The SMILES string of the molecule is CC1(CN)CCN(CC(=O)NC(=O)NC2CCCCC2)C1. The molecule has 0 aromatic rings. The van der Waals surface area contributed by atoms with Gasteiger partial charge in [-0.25, -0.2) is 4.79 Å². The molecular weight excluding hydrogens is 268 g/mol. The number of nitrogens with one attached hydrogen (secondary N) is 2. The lowest BCUT2D eigenvalue weighted by Gasteiger charge is -2.23. The highest BCUT2D eigenvalue weighted by Gasteiger charge is 2.33. The second-order valence-corrected chi connectivity index (χ2v) is 6.83. The molecule has 0 bridgehead atoms. The molecule has 1 aliphatic carbocycles. The minimum Gasteiger partial charge on any atom is -0.335 e. The number of carbonyl (C=O) groups excluding carboxylic acids is 2. The van der Waals surface area contributed by atoms with Crippen LogP contribution in [0.15, 0.2) is 0 Å². The van der Waals surface area contributed by atoms with Gasteiger partial charge in [0, 0.05) is 12.6 Å². The van der Waals surface area contributed by atoms with Crippen LogP contribution in [0.5, 0.6) is 0 Å². The van der Waals surface area contributed by atoms with Gasteiger partial charge in [-0.3, -0.25) is 15.0 Å². The van der Waals surface area contributed by atoms with Crippen molar-refractivity contribution < 1.29 is 9.59 Å². The second-order valence-electron chi connectivity index (χ2n) is 6.83. The van der Waals surface area contributed by atoms with E-state index in [9.17, 15) is 9.59 Å². The first-order valence-corrected chi connectivity index (χ1v) is 8.03. The summed E-state index contributed by atoms with van der Waals surface area (Å²) >= 11 is 0. The first-order valence-electron chi connectivity index (χ1n) is 8.03. The van der Waals surface area contributed by atoms with Gasteiger partial charge in [0.05, 0.1) is 6.54 Å². The molecule has 6 heteroatoms. The molecule has 0 aromatic carbocycles. The van der Waals surface area contributed by atoms with E-state index in [4.69, 9.17) is 5.73 Å². The van der Waals surface area contributed by atoms with Gasteiger partial charge in [-0.2, -0.15) is 0 Å². The summed E-state index contributed by atoms with van der Waals surface area (Å²) in [5.74, 6) is -0.232. The molecule has 2 fully saturated rings. The number of hydrogen-bond donors (Lipinski definition) is 3. The third kappa shape index (κ3) is 4.97. The van der Waals surface area contributed by atoms with Gasteiger partial charge in [0.15, 0.2) is 0 Å². The normalized spacial score (nSPS) is 27.5. The molecule has 6 nitrogen and oxygen atoms in total. The lowest BCUT2D eigenvalue weighted by Crippen LogP contribution is -2.48. The highest BCUT2D eigenvalue weighted by Crippen LogP contribution is 2.27. The maximum Gasteiger partial charge on any atom is 0.321 e. The van der Waals surface area contributed by atoms with E-state index < -0.39 is 0 Å². The Labute approximate surface area is 126 Å². The number of amides is 3. The predicted molar refractivity (Wildman–Crippen MR) is 81.8 cm³/mol. The molecule has 0 spiro atoms. The number of carbonyl (C=O) groups is 2. The maximum absolute atomic E-state index is 11.9. The molecule has 1 unspecified atom stereocenters. The number of imide groups is 1. The van der Waals surface area contributed by atoms with E-state index in [0.717, 1.165) is 45.2 Å². The monoisotopic (exact) mass is 296 g/mol. The lowest BCUT2D eigenvalue weighted by atomic mass is 9.90. The molecule has 1 aliphatic heterocycles. The quantitative estimate of drug-likeness (QED) is 0.716. The van der Waals surface area contributed by atoms with Gasteiger partial charge in [0.25, 0.3) is 0 Å². The van der Waals surface area contributed by atoms with Crippen LogP contribution in [0.4, 0.5) is 4.79 Å². The number of rotatable bonds is 4. The van der Waals surface area contributed by atoms with Gasteiger partial charge in [-0.1, -0.05) is 26.2 Å². The standard InChI is InChI=1S/C15H28N4O2/c1-15(10-16)7-8-19(11-15)9-13(20)18-14(21)17-12-5-3-2-4-6-12/h12H,2-11,16H2,1H3,(H2,17,18,20,21). The summed E-state index contributed by atoms with van der Waals surface area (Å²) in [6.45, 7) is 4.73. The van der Waals surface area contributed by atoms with Gasteiger partial charge in [0.2, 0.25) is 5.91 Å². The summed E-state index contributed by atoms with van der Waals surface area (Å²) in [6, 6.07) is -0.133. The van der Waals surface area contributed by atoms with E-state index >= 15 is 0 Å². The smallest absolute Gasteiger partial charge is 0.321 e. The number of nitrogens with two attached hydrogens (primary N) is 1. The van der Waals surface area contributed by atoms with E-state index in [1.807, 2.05) is 0 Å². The van der Waals surface area contributed by atoms with Crippen LogP contribution in [0.1, 0.15) is 45.4 Å². The fourth-order valence-corrected chi connectivity index (χ4v) is 3.27. The number of nitrogens with zero attached hydrogens (tertiary/aromatic N) is 1. The maximum atomic E-state index is 11.9. The predicted octanol–water partition coefficient (Wildman–Crippen LogP) is 0.816. The minimum atomic E-state index is -0.354. The molecule has 0 radical (unpaired) electrons. The molecule has 21 heavy (non-hydrogen) atoms. The summed E-state index contributed by atoms with van der Waals surface area (Å²) in [6.07, 6.45) is 6.60. The number of likely N-dealkylation sites (tertiary alicyclic amines) is 1. The average Bonchev–Trinajstić information content (AvgIpc) is 2.81. The fourth-order valence-electron chi connectivity index (χ4n) is 3.27. The largest absolute Gasteiger partial charge is 0.335 e. The van der Waals surface area contributed by atoms with Crippen molar-refractivity contribution in [3.05, 3.63) is 0 Å². The Hall–Kier alpha value is -1.14. The Morgan fingerprint density at radius 3 is 2.62 bits per heavy atom. The van der Waals surface area contributed by atoms with Crippen LogP contribution in [-0.2, 0) is 4.79 Å². The molecule has 1 heterocycles. The third-order valence-corrected chi connectivity index (χ3v) is 4.69. The van der Waals surface area contributed by atoms with Crippen LogP contribution in [0.3, 0.4) is 0 Å². The van der Waals surface area contributed by atoms with Crippen molar-refractivity contribution in [3.8, 4) is 0 Å². The molecule has 120 valence electrons. The van der Waals surface area contributed by atoms with Gasteiger partial charge in [-0.15, -0.1) is 0 Å². The summed E-state index contributed by atoms with van der Waals surface area (Å²) in [5.41, 5.74) is 5.86. The van der Waals surface area contributed by atoms with Crippen molar-refractivity contribution in [2.24, 2.45) is 11.1 Å². The van der Waals surface area contributed by atoms with Crippen LogP contribution in [-0.4, -0.2) is 49.1 Å². The summed E-state index contributed by atoms with van der Waals surface area (Å²) < 4.78 is 0. The number of hydrogen-bond acceptors (Lipinski definition) is 4. The van der Waals surface area contributed by atoms with Crippen LogP contribution < -0.4 is 16.4 Å². The van der Waals surface area contributed by atoms with Gasteiger partial charge in [-0.05, 0) is 37.8 Å². The Kier molecular flexibility index (Phi) is 5.58. The Morgan fingerprint density at radius 2 is 2.00 bits per heavy atom. The van der Waals surface area contributed by atoms with E-state index in [2.05, 4.69) is 22.5 Å². The topological polar surface area (TPSA) is 87.5 Å². The van der Waals surface area contributed by atoms with Crippen molar-refractivity contribution >= 4 is 11.9 Å². The van der Waals surface area contributed by atoms with Gasteiger partial charge in [0.1, 0.15) is 0 Å². The van der Waals surface area contributed by atoms with Crippen molar-refractivity contribution in [2.75, 3.05) is 26.2 Å². The molecule has 2 aliphatic rings. The van der Waals surface area contributed by atoms with E-state index in [1.54, 1.807) is 0 Å². The summed E-state index contributed by atoms with van der Waals surface area (Å²) in [7, 11) is 0. The highest BCUT2D eigenvalue weighted by molar-refractivity contribution is 5.95.